The third-order valence-corrected chi connectivity index (χ3v) is 7.47. The molecule has 1 saturated heterocycles. The molecule has 1 atom stereocenters. The molecule has 0 aliphatic carbocycles. The van der Waals surface area contributed by atoms with Crippen LogP contribution in [0.2, 0.25) is 0 Å². The third-order valence-electron chi connectivity index (χ3n) is 7.47. The van der Waals surface area contributed by atoms with Crippen molar-refractivity contribution in [1.29, 1.82) is 0 Å². The minimum atomic E-state index is -0.147. The minimum Gasteiger partial charge on any atom is -0.348 e. The Morgan fingerprint density at radius 1 is 1.21 bits per heavy atom. The Labute approximate surface area is 201 Å². The lowest BCUT2D eigenvalue weighted by molar-refractivity contribution is 0.0951. The van der Waals surface area contributed by atoms with E-state index in [0.29, 0.717) is 23.6 Å². The summed E-state index contributed by atoms with van der Waals surface area (Å²) in [4.78, 5) is 31.1. The van der Waals surface area contributed by atoms with Crippen molar-refractivity contribution < 1.29 is 4.79 Å². The van der Waals surface area contributed by atoms with Crippen LogP contribution in [0.4, 0.5) is 0 Å². The van der Waals surface area contributed by atoms with Crippen LogP contribution < -0.4 is 16.6 Å². The topological polar surface area (TPSA) is 96.2 Å². The molecule has 2 aromatic heterocycles. The zero-order valence-corrected chi connectivity index (χ0v) is 20.8. The lowest BCUT2D eigenvalue weighted by Crippen LogP contribution is -2.39. The molecular formula is C27H37N5O2. The van der Waals surface area contributed by atoms with Gasteiger partial charge in [0, 0.05) is 53.5 Å². The Hall–Kier alpha value is -2.90. The first-order valence-corrected chi connectivity index (χ1v) is 12.3. The summed E-state index contributed by atoms with van der Waals surface area (Å²) in [6.45, 7) is 12.1. The molecule has 7 nitrogen and oxygen atoms in total. The quantitative estimate of drug-likeness (QED) is 0.500. The van der Waals surface area contributed by atoms with Crippen molar-refractivity contribution in [2.24, 2.45) is 11.7 Å². The summed E-state index contributed by atoms with van der Waals surface area (Å²) in [6.07, 6.45) is 2.26. The number of carbonyl (C=O) groups is 1. The normalized spacial score (nSPS) is 16.1. The number of aromatic amines is 1. The Bertz CT molecular complexity index is 1230. The Kier molecular flexibility index (Phi) is 7.24. The first kappa shape index (κ1) is 24.2. The smallest absolute Gasteiger partial charge is 0.254 e. The molecule has 1 aliphatic heterocycles. The molecule has 4 rings (SSSR count). The van der Waals surface area contributed by atoms with Crippen LogP contribution in [0, 0.1) is 26.7 Å². The second-order valence-electron chi connectivity index (χ2n) is 9.68. The van der Waals surface area contributed by atoms with Crippen molar-refractivity contribution in [1.82, 2.24) is 19.8 Å². The first-order valence-electron chi connectivity index (χ1n) is 12.3. The van der Waals surface area contributed by atoms with Gasteiger partial charge in [-0.1, -0.05) is 18.2 Å². The van der Waals surface area contributed by atoms with Gasteiger partial charge in [0.1, 0.15) is 0 Å². The molecule has 1 amide bonds. The lowest BCUT2D eigenvalue weighted by Gasteiger charge is -2.36. The van der Waals surface area contributed by atoms with Crippen LogP contribution in [0.3, 0.4) is 0 Å². The zero-order chi connectivity index (χ0) is 24.4. The average molecular weight is 464 g/mol. The number of nitrogens with two attached hydrogens (primary N) is 1. The van der Waals surface area contributed by atoms with Crippen molar-refractivity contribution in [3.8, 4) is 0 Å². The molecule has 1 aromatic carbocycles. The van der Waals surface area contributed by atoms with E-state index in [4.69, 9.17) is 5.73 Å². The summed E-state index contributed by atoms with van der Waals surface area (Å²) in [7, 11) is 0. The molecule has 3 aromatic rings. The fraction of sp³-hybridized carbons (Fsp3) is 0.481. The molecule has 7 heteroatoms. The SMILES string of the molecule is Cc1cc(C)c(CNC(=O)c2c(C)n(C(C)C3CCN(CCN)CC3)c3ccccc23)c(=O)[nH]1. The number of hydrogen-bond acceptors (Lipinski definition) is 4. The molecular weight excluding hydrogens is 426 g/mol. The molecule has 182 valence electrons. The molecule has 0 saturated carbocycles. The van der Waals surface area contributed by atoms with Gasteiger partial charge in [0.2, 0.25) is 0 Å². The largest absolute Gasteiger partial charge is 0.348 e. The monoisotopic (exact) mass is 463 g/mol. The van der Waals surface area contributed by atoms with Crippen molar-refractivity contribution in [3.05, 3.63) is 68.8 Å². The first-order chi connectivity index (χ1) is 16.3. The number of nitrogens with one attached hydrogen (secondary N) is 2. The van der Waals surface area contributed by atoms with E-state index in [1.54, 1.807) is 0 Å². The van der Waals surface area contributed by atoms with Gasteiger partial charge >= 0.3 is 0 Å². The molecule has 34 heavy (non-hydrogen) atoms. The number of pyridine rings is 1. The highest BCUT2D eigenvalue weighted by Gasteiger charge is 2.29. The van der Waals surface area contributed by atoms with Gasteiger partial charge < -0.3 is 25.5 Å². The Morgan fingerprint density at radius 2 is 1.91 bits per heavy atom. The van der Waals surface area contributed by atoms with E-state index in [-0.39, 0.29) is 24.1 Å². The predicted octanol–water partition coefficient (Wildman–Crippen LogP) is 3.42. The van der Waals surface area contributed by atoms with Crippen molar-refractivity contribution >= 4 is 16.8 Å². The van der Waals surface area contributed by atoms with Crippen LogP contribution in [0.15, 0.2) is 35.1 Å². The lowest BCUT2D eigenvalue weighted by atomic mass is 9.90. The molecule has 0 spiro atoms. The molecule has 0 radical (unpaired) electrons. The van der Waals surface area contributed by atoms with Crippen molar-refractivity contribution in [2.75, 3.05) is 26.2 Å². The van der Waals surface area contributed by atoms with Gasteiger partial charge in [0.25, 0.3) is 11.5 Å². The maximum Gasteiger partial charge on any atom is 0.254 e. The molecule has 1 unspecified atom stereocenters. The van der Waals surface area contributed by atoms with Gasteiger partial charge in [-0.05, 0) is 77.2 Å². The fourth-order valence-corrected chi connectivity index (χ4v) is 5.61. The summed E-state index contributed by atoms with van der Waals surface area (Å²) in [5.74, 6) is 0.407. The number of para-hydroxylation sites is 1. The summed E-state index contributed by atoms with van der Waals surface area (Å²) >= 11 is 0. The maximum atomic E-state index is 13.4. The number of piperidine rings is 1. The van der Waals surface area contributed by atoms with E-state index in [1.165, 1.54) is 0 Å². The van der Waals surface area contributed by atoms with Gasteiger partial charge in [0.15, 0.2) is 0 Å². The highest BCUT2D eigenvalue weighted by atomic mass is 16.2. The van der Waals surface area contributed by atoms with Crippen molar-refractivity contribution in [3.63, 3.8) is 0 Å². The highest BCUT2D eigenvalue weighted by molar-refractivity contribution is 6.08. The number of amides is 1. The maximum absolute atomic E-state index is 13.4. The third kappa shape index (κ3) is 4.68. The van der Waals surface area contributed by atoms with Gasteiger partial charge in [0.05, 0.1) is 5.56 Å². The van der Waals surface area contributed by atoms with E-state index in [2.05, 4.69) is 32.8 Å². The second-order valence-corrected chi connectivity index (χ2v) is 9.68. The van der Waals surface area contributed by atoms with Crippen molar-refractivity contribution in [2.45, 2.75) is 53.1 Å². The second kappa shape index (κ2) is 10.2. The van der Waals surface area contributed by atoms with E-state index >= 15 is 0 Å². The number of aryl methyl sites for hydroxylation is 2. The van der Waals surface area contributed by atoms with Gasteiger partial charge in [-0.3, -0.25) is 9.59 Å². The van der Waals surface area contributed by atoms with Crippen LogP contribution in [-0.2, 0) is 6.54 Å². The summed E-state index contributed by atoms with van der Waals surface area (Å²) in [5, 5.41) is 3.97. The molecule has 4 N–H and O–H groups in total. The molecule has 1 fully saturated rings. The molecule has 0 bridgehead atoms. The summed E-state index contributed by atoms with van der Waals surface area (Å²) < 4.78 is 2.34. The average Bonchev–Trinajstić information content (AvgIpc) is 3.10. The Morgan fingerprint density at radius 3 is 2.59 bits per heavy atom. The number of nitrogens with zero attached hydrogens (tertiary/aromatic N) is 2. The Balaban J connectivity index is 1.60. The summed E-state index contributed by atoms with van der Waals surface area (Å²) in [6, 6.07) is 10.4. The number of likely N-dealkylation sites (tertiary alicyclic amines) is 1. The van der Waals surface area contributed by atoms with E-state index < -0.39 is 0 Å². The van der Waals surface area contributed by atoms with Gasteiger partial charge in [-0.25, -0.2) is 0 Å². The van der Waals surface area contributed by atoms with E-state index in [0.717, 1.165) is 60.3 Å². The predicted molar refractivity (Wildman–Crippen MR) is 137 cm³/mol. The number of H-pyrrole nitrogens is 1. The highest BCUT2D eigenvalue weighted by Crippen LogP contribution is 2.35. The van der Waals surface area contributed by atoms with Gasteiger partial charge in [-0.2, -0.15) is 0 Å². The zero-order valence-electron chi connectivity index (χ0n) is 20.8. The van der Waals surface area contributed by atoms with Crippen LogP contribution in [0.5, 0.6) is 0 Å². The minimum absolute atomic E-state index is 0.142. The van der Waals surface area contributed by atoms with Crippen LogP contribution in [0.1, 0.15) is 58.7 Å². The number of rotatable bonds is 7. The number of carbonyl (C=O) groups excluding carboxylic acids is 1. The standard InChI is InChI=1S/C27H37N5O2/c1-17-15-18(2)30-26(33)23(17)16-29-27(34)25-20(4)32(24-8-6-5-7-22(24)25)19(3)21-9-12-31(13-10-21)14-11-28/h5-8,15,19,21H,9-14,16,28H2,1-4H3,(H,29,34)(H,30,33). The number of aromatic nitrogens is 2. The number of fused-ring (bicyclic) bond motifs is 1. The van der Waals surface area contributed by atoms with Crippen LogP contribution in [0.25, 0.3) is 10.9 Å². The number of benzene rings is 1. The van der Waals surface area contributed by atoms with Gasteiger partial charge in [-0.15, -0.1) is 0 Å². The molecule has 3 heterocycles. The fourth-order valence-electron chi connectivity index (χ4n) is 5.61. The van der Waals surface area contributed by atoms with Crippen LogP contribution in [-0.4, -0.2) is 46.5 Å². The number of hydrogen-bond donors (Lipinski definition) is 3. The summed E-state index contributed by atoms with van der Waals surface area (Å²) in [5.41, 5.74) is 10.7. The van der Waals surface area contributed by atoms with E-state index in [9.17, 15) is 9.59 Å². The van der Waals surface area contributed by atoms with Crippen LogP contribution >= 0.6 is 0 Å². The van der Waals surface area contributed by atoms with E-state index in [1.807, 2.05) is 45.0 Å². The molecule has 1 aliphatic rings.